The molecule has 9 heteroatoms. The predicted molar refractivity (Wildman–Crippen MR) is 78.3 cm³/mol. The van der Waals surface area contributed by atoms with Crippen LogP contribution in [0, 0.1) is 10.1 Å². The molecular formula is C13H18N4O5. The number of rotatable bonds is 7. The lowest BCUT2D eigenvalue weighted by atomic mass is 10.4. The van der Waals surface area contributed by atoms with E-state index in [9.17, 15) is 24.5 Å². The fourth-order valence-corrected chi connectivity index (χ4v) is 1.64. The zero-order valence-corrected chi connectivity index (χ0v) is 12.4. The third-order valence-electron chi connectivity index (χ3n) is 2.86. The smallest absolute Gasteiger partial charge is 0.285 e. The fourth-order valence-electron chi connectivity index (χ4n) is 1.64. The Bertz CT molecular complexity index is 625. The molecule has 0 saturated carbocycles. The maximum atomic E-state index is 12.0. The highest BCUT2D eigenvalue weighted by Crippen LogP contribution is 2.06. The molecule has 1 aromatic rings. The van der Waals surface area contributed by atoms with Crippen molar-refractivity contribution in [1.29, 1.82) is 0 Å². The summed E-state index contributed by atoms with van der Waals surface area (Å²) in [6.45, 7) is 1.93. The van der Waals surface area contributed by atoms with Gasteiger partial charge in [-0.1, -0.05) is 6.92 Å². The predicted octanol–water partition coefficient (Wildman–Crippen LogP) is -0.259. The standard InChI is InChI=1S/C13H18N4O5/c1-3-6-14-11(18)8-15(2)13(20)9-16-7-10(17(21)22)4-5-12(16)19/h4-5,7H,3,6,8-9H2,1-2H3,(H,14,18). The first kappa shape index (κ1) is 17.3. The summed E-state index contributed by atoms with van der Waals surface area (Å²) in [7, 11) is 1.43. The number of nitro groups is 1. The molecule has 0 radical (unpaired) electrons. The first-order valence-corrected chi connectivity index (χ1v) is 6.70. The molecular weight excluding hydrogens is 292 g/mol. The van der Waals surface area contributed by atoms with Crippen molar-refractivity contribution >= 4 is 17.5 Å². The average molecular weight is 310 g/mol. The zero-order chi connectivity index (χ0) is 16.7. The first-order chi connectivity index (χ1) is 10.3. The number of likely N-dealkylation sites (N-methyl/N-ethyl adjacent to an activating group) is 1. The van der Waals surface area contributed by atoms with Crippen LogP contribution in [0.4, 0.5) is 5.69 Å². The minimum Gasteiger partial charge on any atom is -0.355 e. The summed E-state index contributed by atoms with van der Waals surface area (Å²) in [5.41, 5.74) is -0.807. The molecule has 0 aliphatic rings. The number of nitrogens with one attached hydrogen (secondary N) is 1. The molecule has 0 aliphatic heterocycles. The van der Waals surface area contributed by atoms with Gasteiger partial charge in [0.1, 0.15) is 6.54 Å². The molecule has 0 unspecified atom stereocenters. The van der Waals surface area contributed by atoms with E-state index in [0.717, 1.165) is 34.2 Å². The van der Waals surface area contributed by atoms with E-state index in [1.807, 2.05) is 6.92 Å². The van der Waals surface area contributed by atoms with Crippen molar-refractivity contribution < 1.29 is 14.5 Å². The summed E-state index contributed by atoms with van der Waals surface area (Å²) < 4.78 is 0.945. The normalized spacial score (nSPS) is 10.1. The van der Waals surface area contributed by atoms with Crippen molar-refractivity contribution in [1.82, 2.24) is 14.8 Å². The molecule has 0 aromatic carbocycles. The van der Waals surface area contributed by atoms with Crippen LogP contribution in [0.1, 0.15) is 13.3 Å². The van der Waals surface area contributed by atoms with Crippen molar-refractivity contribution in [2.75, 3.05) is 20.1 Å². The van der Waals surface area contributed by atoms with Gasteiger partial charge in [0.25, 0.3) is 11.2 Å². The van der Waals surface area contributed by atoms with E-state index in [0.29, 0.717) is 6.54 Å². The number of carbonyl (C=O) groups is 2. The molecule has 0 saturated heterocycles. The third-order valence-corrected chi connectivity index (χ3v) is 2.86. The van der Waals surface area contributed by atoms with Crippen LogP contribution < -0.4 is 10.9 Å². The van der Waals surface area contributed by atoms with Crippen molar-refractivity contribution in [3.8, 4) is 0 Å². The third kappa shape index (κ3) is 5.00. The number of hydrogen-bond donors (Lipinski definition) is 1. The maximum absolute atomic E-state index is 12.0. The van der Waals surface area contributed by atoms with Crippen molar-refractivity contribution in [2.45, 2.75) is 19.9 Å². The van der Waals surface area contributed by atoms with E-state index in [2.05, 4.69) is 5.32 Å². The summed E-state index contributed by atoms with van der Waals surface area (Å²) in [6.07, 6.45) is 1.79. The Morgan fingerprint density at radius 2 is 2.09 bits per heavy atom. The molecule has 9 nitrogen and oxygen atoms in total. The molecule has 1 N–H and O–H groups in total. The van der Waals surface area contributed by atoms with Gasteiger partial charge in [-0.3, -0.25) is 29.1 Å². The summed E-state index contributed by atoms with van der Waals surface area (Å²) in [5.74, 6) is -0.793. The fraction of sp³-hybridized carbons (Fsp3) is 0.462. The Balaban J connectivity index is 2.72. The first-order valence-electron chi connectivity index (χ1n) is 6.70. The van der Waals surface area contributed by atoms with Crippen LogP contribution in [0.15, 0.2) is 23.1 Å². The highest BCUT2D eigenvalue weighted by Gasteiger charge is 2.15. The molecule has 0 spiro atoms. The van der Waals surface area contributed by atoms with Crippen LogP contribution in [-0.4, -0.2) is 46.3 Å². The largest absolute Gasteiger partial charge is 0.355 e. The lowest BCUT2D eigenvalue weighted by Crippen LogP contribution is -2.40. The second-order valence-corrected chi connectivity index (χ2v) is 4.71. The number of aromatic nitrogens is 1. The second-order valence-electron chi connectivity index (χ2n) is 4.71. The highest BCUT2D eigenvalue weighted by molar-refractivity contribution is 5.84. The molecule has 2 amide bonds. The van der Waals surface area contributed by atoms with Crippen LogP contribution in [0.3, 0.4) is 0 Å². The molecule has 120 valence electrons. The summed E-state index contributed by atoms with van der Waals surface area (Å²) in [5, 5.41) is 13.3. The van der Waals surface area contributed by atoms with E-state index in [-0.39, 0.29) is 24.7 Å². The number of pyridine rings is 1. The topological polar surface area (TPSA) is 115 Å². The van der Waals surface area contributed by atoms with Gasteiger partial charge >= 0.3 is 0 Å². The Labute approximate surface area is 126 Å². The van der Waals surface area contributed by atoms with Crippen LogP contribution in [0.2, 0.25) is 0 Å². The van der Waals surface area contributed by atoms with Gasteiger partial charge < -0.3 is 10.2 Å². The van der Waals surface area contributed by atoms with E-state index < -0.39 is 16.4 Å². The number of carbonyl (C=O) groups excluding carboxylic acids is 2. The van der Waals surface area contributed by atoms with E-state index >= 15 is 0 Å². The maximum Gasteiger partial charge on any atom is 0.285 e. The van der Waals surface area contributed by atoms with E-state index in [1.54, 1.807) is 0 Å². The van der Waals surface area contributed by atoms with Gasteiger partial charge in [-0.05, 0) is 6.42 Å². The van der Waals surface area contributed by atoms with E-state index in [4.69, 9.17) is 0 Å². The molecule has 0 fully saturated rings. The van der Waals surface area contributed by atoms with Gasteiger partial charge in [-0.15, -0.1) is 0 Å². The van der Waals surface area contributed by atoms with Gasteiger partial charge in [-0.2, -0.15) is 0 Å². The number of hydrogen-bond acceptors (Lipinski definition) is 5. The molecule has 22 heavy (non-hydrogen) atoms. The van der Waals surface area contributed by atoms with Crippen molar-refractivity contribution in [3.05, 3.63) is 38.8 Å². The van der Waals surface area contributed by atoms with Crippen LogP contribution in [0.5, 0.6) is 0 Å². The monoisotopic (exact) mass is 310 g/mol. The van der Waals surface area contributed by atoms with Crippen molar-refractivity contribution in [2.24, 2.45) is 0 Å². The highest BCUT2D eigenvalue weighted by atomic mass is 16.6. The van der Waals surface area contributed by atoms with Gasteiger partial charge in [0.2, 0.25) is 11.8 Å². The van der Waals surface area contributed by atoms with Crippen LogP contribution in [0.25, 0.3) is 0 Å². The van der Waals surface area contributed by atoms with Crippen LogP contribution >= 0.6 is 0 Å². The molecule has 0 aliphatic carbocycles. The Kier molecular flexibility index (Phi) is 6.24. The quantitative estimate of drug-likeness (QED) is 0.550. The van der Waals surface area contributed by atoms with Gasteiger partial charge in [0.05, 0.1) is 17.7 Å². The minimum absolute atomic E-state index is 0.136. The molecule has 0 atom stereocenters. The second kappa shape index (κ2) is 7.91. The Morgan fingerprint density at radius 1 is 1.41 bits per heavy atom. The molecule has 1 heterocycles. The van der Waals surface area contributed by atoms with Gasteiger partial charge in [0, 0.05) is 25.7 Å². The number of amides is 2. The zero-order valence-electron chi connectivity index (χ0n) is 12.4. The summed E-state index contributed by atoms with van der Waals surface area (Å²) in [4.78, 5) is 46.3. The van der Waals surface area contributed by atoms with E-state index in [1.165, 1.54) is 7.05 Å². The Hall–Kier alpha value is -2.71. The molecule has 1 rings (SSSR count). The summed E-state index contributed by atoms with van der Waals surface area (Å²) in [6, 6.07) is 2.10. The lowest BCUT2D eigenvalue weighted by molar-refractivity contribution is -0.385. The minimum atomic E-state index is -0.650. The molecule has 1 aromatic heterocycles. The van der Waals surface area contributed by atoms with Gasteiger partial charge in [0.15, 0.2) is 0 Å². The summed E-state index contributed by atoms with van der Waals surface area (Å²) >= 11 is 0. The van der Waals surface area contributed by atoms with Crippen LogP contribution in [-0.2, 0) is 16.1 Å². The average Bonchev–Trinajstić information content (AvgIpc) is 2.46. The molecule has 0 bridgehead atoms. The van der Waals surface area contributed by atoms with Crippen molar-refractivity contribution in [3.63, 3.8) is 0 Å². The van der Waals surface area contributed by atoms with Gasteiger partial charge in [-0.25, -0.2) is 0 Å². The lowest BCUT2D eigenvalue weighted by Gasteiger charge is -2.17. The SMILES string of the molecule is CCCNC(=O)CN(C)C(=O)Cn1cc([N+](=O)[O-])ccc1=O. The number of nitrogens with zero attached hydrogens (tertiary/aromatic N) is 3. The Morgan fingerprint density at radius 3 is 2.68 bits per heavy atom.